The molecular weight excluding hydrogens is 396 g/mol. The van der Waals surface area contributed by atoms with E-state index in [1.807, 2.05) is 37.8 Å². The Labute approximate surface area is 193 Å². The monoisotopic (exact) mass is 434 g/mol. The second kappa shape index (κ2) is 11.3. The summed E-state index contributed by atoms with van der Waals surface area (Å²) >= 11 is 0. The van der Waals surface area contributed by atoms with Gasteiger partial charge in [0.05, 0.1) is 6.42 Å². The summed E-state index contributed by atoms with van der Waals surface area (Å²) in [5.41, 5.74) is 5.52. The van der Waals surface area contributed by atoms with E-state index >= 15 is 0 Å². The van der Waals surface area contributed by atoms with Crippen LogP contribution in [0.15, 0.2) is 42.5 Å². The van der Waals surface area contributed by atoms with Crippen molar-refractivity contribution in [3.8, 4) is 0 Å². The molecule has 0 spiro atoms. The number of rotatable bonds is 8. The normalized spacial score (nSPS) is 15.2. The molecule has 1 N–H and O–H groups in total. The summed E-state index contributed by atoms with van der Waals surface area (Å²) in [7, 11) is 0. The van der Waals surface area contributed by atoms with Crippen molar-refractivity contribution < 1.29 is 9.59 Å². The zero-order chi connectivity index (χ0) is 23.1. The molecular formula is C28H38N2O2. The number of hydrogen-bond acceptors (Lipinski definition) is 2. The van der Waals surface area contributed by atoms with Gasteiger partial charge in [0.25, 0.3) is 0 Å². The highest BCUT2D eigenvalue weighted by Crippen LogP contribution is 2.21. The van der Waals surface area contributed by atoms with E-state index in [-0.39, 0.29) is 17.9 Å². The van der Waals surface area contributed by atoms with Crippen molar-refractivity contribution in [3.05, 3.63) is 70.3 Å². The van der Waals surface area contributed by atoms with Gasteiger partial charge in [-0.2, -0.15) is 0 Å². The first kappa shape index (κ1) is 24.0. The van der Waals surface area contributed by atoms with Crippen molar-refractivity contribution in [2.24, 2.45) is 0 Å². The molecule has 0 radical (unpaired) electrons. The first-order valence-corrected chi connectivity index (χ1v) is 12.1. The van der Waals surface area contributed by atoms with E-state index < -0.39 is 6.04 Å². The lowest BCUT2D eigenvalue weighted by atomic mass is 9.95. The SMILES string of the molecule is CC[C@H](C(=O)NC1CCCCC1)N(Cc1ccccc1C)C(=O)Cc1cc(C)ccc1C. The van der Waals surface area contributed by atoms with E-state index in [4.69, 9.17) is 0 Å². The minimum Gasteiger partial charge on any atom is -0.352 e. The number of carbonyl (C=O) groups excluding carboxylic acids is 2. The third-order valence-electron chi connectivity index (χ3n) is 6.79. The summed E-state index contributed by atoms with van der Waals surface area (Å²) < 4.78 is 0. The molecule has 0 saturated heterocycles. The van der Waals surface area contributed by atoms with Crippen LogP contribution < -0.4 is 5.32 Å². The van der Waals surface area contributed by atoms with Crippen molar-refractivity contribution in [2.45, 2.75) is 91.3 Å². The Morgan fingerprint density at radius 2 is 1.66 bits per heavy atom. The molecule has 0 aliphatic heterocycles. The van der Waals surface area contributed by atoms with E-state index in [2.05, 4.69) is 42.6 Å². The summed E-state index contributed by atoms with van der Waals surface area (Å²) in [6.45, 7) is 8.60. The predicted octanol–water partition coefficient (Wildman–Crippen LogP) is 5.41. The highest BCUT2D eigenvalue weighted by molar-refractivity contribution is 5.88. The average Bonchev–Trinajstić information content (AvgIpc) is 2.78. The fourth-order valence-electron chi connectivity index (χ4n) is 4.69. The molecule has 172 valence electrons. The van der Waals surface area contributed by atoms with Gasteiger partial charge in [0, 0.05) is 12.6 Å². The molecule has 0 aromatic heterocycles. The Morgan fingerprint density at radius 1 is 0.969 bits per heavy atom. The maximum absolute atomic E-state index is 13.6. The van der Waals surface area contributed by atoms with Crippen LogP contribution in [-0.4, -0.2) is 28.8 Å². The van der Waals surface area contributed by atoms with E-state index in [9.17, 15) is 9.59 Å². The summed E-state index contributed by atoms with van der Waals surface area (Å²) in [6.07, 6.45) is 6.57. The van der Waals surface area contributed by atoms with Gasteiger partial charge in [-0.25, -0.2) is 0 Å². The quantitative estimate of drug-likeness (QED) is 0.604. The lowest BCUT2D eigenvalue weighted by Crippen LogP contribution is -2.52. The number of amides is 2. The van der Waals surface area contributed by atoms with Crippen molar-refractivity contribution in [1.29, 1.82) is 0 Å². The number of nitrogens with one attached hydrogen (secondary N) is 1. The lowest BCUT2D eigenvalue weighted by molar-refractivity contribution is -0.141. The number of aryl methyl sites for hydroxylation is 3. The molecule has 1 aliphatic rings. The molecule has 2 amide bonds. The Morgan fingerprint density at radius 3 is 2.34 bits per heavy atom. The van der Waals surface area contributed by atoms with Gasteiger partial charge in [-0.3, -0.25) is 9.59 Å². The maximum atomic E-state index is 13.6. The van der Waals surface area contributed by atoms with E-state index in [0.717, 1.165) is 40.7 Å². The maximum Gasteiger partial charge on any atom is 0.243 e. The second-order valence-corrected chi connectivity index (χ2v) is 9.32. The van der Waals surface area contributed by atoms with Gasteiger partial charge in [-0.1, -0.05) is 74.2 Å². The first-order valence-electron chi connectivity index (χ1n) is 12.1. The van der Waals surface area contributed by atoms with E-state index in [1.165, 1.54) is 19.3 Å². The van der Waals surface area contributed by atoms with Gasteiger partial charge in [0.15, 0.2) is 0 Å². The Bertz CT molecular complexity index is 931. The van der Waals surface area contributed by atoms with Gasteiger partial charge in [0.2, 0.25) is 11.8 Å². The molecule has 1 saturated carbocycles. The van der Waals surface area contributed by atoms with E-state index in [0.29, 0.717) is 19.4 Å². The van der Waals surface area contributed by atoms with Crippen LogP contribution in [0, 0.1) is 20.8 Å². The third kappa shape index (κ3) is 6.21. The molecule has 1 atom stereocenters. The molecule has 4 nitrogen and oxygen atoms in total. The molecule has 32 heavy (non-hydrogen) atoms. The Balaban J connectivity index is 1.85. The van der Waals surface area contributed by atoms with Crippen LogP contribution in [0.2, 0.25) is 0 Å². The molecule has 1 aliphatic carbocycles. The highest BCUT2D eigenvalue weighted by Gasteiger charge is 2.30. The molecule has 1 fully saturated rings. The van der Waals surface area contributed by atoms with Crippen molar-refractivity contribution in [3.63, 3.8) is 0 Å². The van der Waals surface area contributed by atoms with Crippen LogP contribution in [0.3, 0.4) is 0 Å². The Kier molecular flexibility index (Phi) is 8.49. The molecule has 0 heterocycles. The van der Waals surface area contributed by atoms with Crippen LogP contribution in [0.1, 0.15) is 73.3 Å². The predicted molar refractivity (Wildman–Crippen MR) is 130 cm³/mol. The number of carbonyl (C=O) groups is 2. The number of hydrogen-bond donors (Lipinski definition) is 1. The molecule has 0 unspecified atom stereocenters. The molecule has 4 heteroatoms. The zero-order valence-corrected chi connectivity index (χ0v) is 20.1. The van der Waals surface area contributed by atoms with Crippen LogP contribution in [0.25, 0.3) is 0 Å². The smallest absolute Gasteiger partial charge is 0.243 e. The van der Waals surface area contributed by atoms with Crippen LogP contribution in [0.4, 0.5) is 0 Å². The highest BCUT2D eigenvalue weighted by atomic mass is 16.2. The third-order valence-corrected chi connectivity index (χ3v) is 6.79. The van der Waals surface area contributed by atoms with Gasteiger partial charge in [-0.05, 0) is 62.3 Å². The van der Waals surface area contributed by atoms with Crippen LogP contribution >= 0.6 is 0 Å². The Hall–Kier alpha value is -2.62. The standard InChI is InChI=1S/C28H38N2O2/c1-5-26(28(32)29-25-13-7-6-8-14-25)30(19-23-12-10-9-11-21(23)3)27(31)18-24-17-20(2)15-16-22(24)4/h9-12,15-17,25-26H,5-8,13-14,18-19H2,1-4H3,(H,29,32)/t26-/m1/s1. The fourth-order valence-corrected chi connectivity index (χ4v) is 4.69. The summed E-state index contributed by atoms with van der Waals surface area (Å²) in [5, 5.41) is 3.26. The number of benzene rings is 2. The summed E-state index contributed by atoms with van der Waals surface area (Å²) in [4.78, 5) is 28.8. The minimum atomic E-state index is -0.464. The number of nitrogens with zero attached hydrogens (tertiary/aromatic N) is 1. The first-order chi connectivity index (χ1) is 15.4. The van der Waals surface area contributed by atoms with Crippen LogP contribution in [0.5, 0.6) is 0 Å². The van der Waals surface area contributed by atoms with E-state index in [1.54, 1.807) is 0 Å². The van der Waals surface area contributed by atoms with Gasteiger partial charge in [0.1, 0.15) is 6.04 Å². The largest absolute Gasteiger partial charge is 0.352 e. The molecule has 2 aromatic carbocycles. The summed E-state index contributed by atoms with van der Waals surface area (Å²) in [5.74, 6) is -0.00473. The molecule has 3 rings (SSSR count). The average molecular weight is 435 g/mol. The van der Waals surface area contributed by atoms with Crippen molar-refractivity contribution in [2.75, 3.05) is 0 Å². The van der Waals surface area contributed by atoms with Gasteiger partial charge in [-0.15, -0.1) is 0 Å². The van der Waals surface area contributed by atoms with Gasteiger partial charge < -0.3 is 10.2 Å². The van der Waals surface area contributed by atoms with Crippen molar-refractivity contribution >= 4 is 11.8 Å². The molecule has 2 aromatic rings. The lowest BCUT2D eigenvalue weighted by Gasteiger charge is -2.33. The topological polar surface area (TPSA) is 49.4 Å². The molecule has 0 bridgehead atoms. The fraction of sp³-hybridized carbons (Fsp3) is 0.500. The zero-order valence-electron chi connectivity index (χ0n) is 20.1. The summed E-state index contributed by atoms with van der Waals surface area (Å²) in [6, 6.07) is 14.1. The minimum absolute atomic E-state index is 0.00703. The van der Waals surface area contributed by atoms with Crippen LogP contribution in [-0.2, 0) is 22.6 Å². The van der Waals surface area contributed by atoms with Gasteiger partial charge >= 0.3 is 0 Å². The van der Waals surface area contributed by atoms with Crippen molar-refractivity contribution in [1.82, 2.24) is 10.2 Å². The second-order valence-electron chi connectivity index (χ2n) is 9.32.